The number of thiophene rings is 1. The zero-order chi connectivity index (χ0) is 26.4. The Morgan fingerprint density at radius 1 is 1.16 bits per heavy atom. The Labute approximate surface area is 232 Å². The van der Waals surface area contributed by atoms with E-state index >= 15 is 0 Å². The van der Waals surface area contributed by atoms with Crippen LogP contribution in [0.25, 0.3) is 16.0 Å². The lowest BCUT2D eigenvalue weighted by Gasteiger charge is -2.26. The van der Waals surface area contributed by atoms with Crippen molar-refractivity contribution in [3.63, 3.8) is 0 Å². The normalized spacial score (nSPS) is 15.4. The topological polar surface area (TPSA) is 78.5 Å². The van der Waals surface area contributed by atoms with Gasteiger partial charge in [-0.2, -0.15) is 0 Å². The number of halogens is 1. The SMILES string of the molecule is CC(C)[C@@H]1Cc2c(sc3c2c(=O)n(Cc2ccccc2)c2nnc(SCC(=O)c4ccc(Cl)cc4)n32)CO1. The molecule has 0 saturated carbocycles. The lowest BCUT2D eigenvalue weighted by molar-refractivity contribution is 0.00200. The summed E-state index contributed by atoms with van der Waals surface area (Å²) >= 11 is 8.85. The molecule has 4 heterocycles. The molecule has 1 atom stereocenters. The highest BCUT2D eigenvalue weighted by Crippen LogP contribution is 2.37. The van der Waals surface area contributed by atoms with Gasteiger partial charge in [0.15, 0.2) is 10.9 Å². The van der Waals surface area contributed by atoms with E-state index in [2.05, 4.69) is 24.0 Å². The molecule has 6 rings (SSSR count). The highest BCUT2D eigenvalue weighted by atomic mass is 35.5. The first-order valence-electron chi connectivity index (χ1n) is 12.4. The monoisotopic (exact) mass is 564 g/mol. The molecule has 194 valence electrons. The van der Waals surface area contributed by atoms with E-state index in [9.17, 15) is 9.59 Å². The van der Waals surface area contributed by atoms with Gasteiger partial charge in [-0.3, -0.25) is 14.2 Å². The number of hydrogen-bond donors (Lipinski definition) is 0. The molecule has 5 aromatic rings. The highest BCUT2D eigenvalue weighted by Gasteiger charge is 2.30. The number of carbonyl (C=O) groups is 1. The molecule has 0 radical (unpaired) electrons. The van der Waals surface area contributed by atoms with Crippen LogP contribution >= 0.6 is 34.7 Å². The van der Waals surface area contributed by atoms with Gasteiger partial charge in [-0.1, -0.05) is 67.5 Å². The third kappa shape index (κ3) is 4.58. The van der Waals surface area contributed by atoms with Crippen molar-refractivity contribution in [2.45, 2.75) is 44.7 Å². The molecule has 0 aliphatic carbocycles. The molecule has 0 fully saturated rings. The minimum Gasteiger partial charge on any atom is -0.372 e. The average molecular weight is 565 g/mol. The molecule has 0 unspecified atom stereocenters. The van der Waals surface area contributed by atoms with Crippen molar-refractivity contribution in [3.05, 3.63) is 91.5 Å². The van der Waals surface area contributed by atoms with E-state index < -0.39 is 0 Å². The maximum absolute atomic E-state index is 14.0. The maximum atomic E-state index is 14.0. The maximum Gasteiger partial charge on any atom is 0.264 e. The van der Waals surface area contributed by atoms with Crippen LogP contribution in [0.2, 0.25) is 5.02 Å². The molecule has 38 heavy (non-hydrogen) atoms. The smallest absolute Gasteiger partial charge is 0.264 e. The second kappa shape index (κ2) is 10.3. The standard InChI is InChI=1S/C28H25ClN4O3S2/c1-16(2)22-12-20-23(14-36-22)38-26-24(20)25(35)32(13-17-6-4-3-5-7-17)27-30-31-28(33(26)27)37-15-21(34)18-8-10-19(29)11-9-18/h3-11,16,22H,12-15H2,1-2H3/t22-/m0/s1. The predicted molar refractivity (Wildman–Crippen MR) is 152 cm³/mol. The number of rotatable bonds is 7. The van der Waals surface area contributed by atoms with E-state index in [0.29, 0.717) is 52.4 Å². The Hall–Kier alpha value is -2.98. The van der Waals surface area contributed by atoms with Crippen molar-refractivity contribution >= 4 is 56.5 Å². The summed E-state index contributed by atoms with van der Waals surface area (Å²) in [5.74, 6) is 0.961. The van der Waals surface area contributed by atoms with Gasteiger partial charge in [0.1, 0.15) is 4.83 Å². The number of benzene rings is 2. The molecule has 3 aromatic heterocycles. The number of thioether (sulfide) groups is 1. The minimum atomic E-state index is -0.0700. The van der Waals surface area contributed by atoms with Crippen LogP contribution in [0.15, 0.2) is 64.5 Å². The number of ether oxygens (including phenoxy) is 1. The second-order valence-electron chi connectivity index (χ2n) is 9.70. The summed E-state index contributed by atoms with van der Waals surface area (Å²) in [6, 6.07) is 16.7. The van der Waals surface area contributed by atoms with Gasteiger partial charge in [0.05, 0.1) is 30.4 Å². The summed E-state index contributed by atoms with van der Waals surface area (Å²) in [7, 11) is 0. The second-order valence-corrected chi connectivity index (χ2v) is 12.2. The third-order valence-electron chi connectivity index (χ3n) is 6.85. The lowest BCUT2D eigenvalue weighted by atomic mass is 9.96. The van der Waals surface area contributed by atoms with Crippen molar-refractivity contribution in [1.29, 1.82) is 0 Å². The Balaban J connectivity index is 1.47. The molecule has 0 amide bonds. The van der Waals surface area contributed by atoms with Gasteiger partial charge in [0.2, 0.25) is 5.78 Å². The molecule has 2 aromatic carbocycles. The highest BCUT2D eigenvalue weighted by molar-refractivity contribution is 7.99. The van der Waals surface area contributed by atoms with Gasteiger partial charge in [-0.25, -0.2) is 4.40 Å². The summed E-state index contributed by atoms with van der Waals surface area (Å²) in [4.78, 5) is 28.8. The summed E-state index contributed by atoms with van der Waals surface area (Å²) in [5.41, 5.74) is 2.58. The van der Waals surface area contributed by atoms with Crippen LogP contribution in [-0.4, -0.2) is 36.8 Å². The van der Waals surface area contributed by atoms with Gasteiger partial charge < -0.3 is 4.74 Å². The summed E-state index contributed by atoms with van der Waals surface area (Å²) in [5, 5.41) is 10.7. The van der Waals surface area contributed by atoms with Gasteiger partial charge in [-0.15, -0.1) is 21.5 Å². The number of carbonyl (C=O) groups excluding carboxylic acids is 1. The molecule has 7 nitrogen and oxygen atoms in total. The molecule has 1 aliphatic rings. The van der Waals surface area contributed by atoms with Crippen molar-refractivity contribution in [2.75, 3.05) is 5.75 Å². The van der Waals surface area contributed by atoms with Crippen LogP contribution < -0.4 is 5.56 Å². The zero-order valence-corrected chi connectivity index (χ0v) is 23.3. The Bertz CT molecular complexity index is 1710. The molecule has 1 aliphatic heterocycles. The molecule has 10 heteroatoms. The number of aromatic nitrogens is 4. The van der Waals surface area contributed by atoms with Gasteiger partial charge in [0.25, 0.3) is 5.56 Å². The van der Waals surface area contributed by atoms with E-state index in [1.165, 1.54) is 11.8 Å². The van der Waals surface area contributed by atoms with Gasteiger partial charge in [-0.05, 0) is 41.3 Å². The number of nitrogens with zero attached hydrogens (tertiary/aromatic N) is 4. The fourth-order valence-corrected chi connectivity index (χ4v) is 7.02. The third-order valence-corrected chi connectivity index (χ3v) is 9.22. The van der Waals surface area contributed by atoms with E-state index in [0.717, 1.165) is 20.8 Å². The van der Waals surface area contributed by atoms with Crippen LogP contribution in [0, 0.1) is 5.92 Å². The first-order chi connectivity index (χ1) is 18.4. The van der Waals surface area contributed by atoms with Crippen LogP contribution in [0.3, 0.4) is 0 Å². The predicted octanol–water partition coefficient (Wildman–Crippen LogP) is 5.88. The molecule has 0 bridgehead atoms. The van der Waals surface area contributed by atoms with E-state index in [4.69, 9.17) is 16.3 Å². The Kier molecular flexibility index (Phi) is 6.86. The first-order valence-corrected chi connectivity index (χ1v) is 14.6. The van der Waals surface area contributed by atoms with Crippen LogP contribution in [0.1, 0.15) is 40.2 Å². The number of fused-ring (bicyclic) bond motifs is 5. The van der Waals surface area contributed by atoms with Crippen LogP contribution in [0.4, 0.5) is 0 Å². The Morgan fingerprint density at radius 3 is 2.66 bits per heavy atom. The molecular formula is C28H25ClN4O3S2. The van der Waals surface area contributed by atoms with E-state index in [1.54, 1.807) is 40.2 Å². The summed E-state index contributed by atoms with van der Waals surface area (Å²) in [6.45, 7) is 5.14. The molecular weight excluding hydrogens is 540 g/mol. The van der Waals surface area contributed by atoms with Gasteiger partial charge >= 0.3 is 0 Å². The largest absolute Gasteiger partial charge is 0.372 e. The van der Waals surface area contributed by atoms with Crippen LogP contribution in [-0.2, 0) is 24.3 Å². The van der Waals surface area contributed by atoms with Gasteiger partial charge in [0, 0.05) is 21.9 Å². The van der Waals surface area contributed by atoms with E-state index in [-0.39, 0.29) is 23.2 Å². The van der Waals surface area contributed by atoms with Crippen molar-refractivity contribution in [2.24, 2.45) is 5.92 Å². The molecule has 0 spiro atoms. The van der Waals surface area contributed by atoms with Crippen molar-refractivity contribution in [3.8, 4) is 0 Å². The van der Waals surface area contributed by atoms with E-state index in [1.807, 2.05) is 34.7 Å². The average Bonchev–Trinajstić information content (AvgIpc) is 3.52. The quantitative estimate of drug-likeness (QED) is 0.181. The number of hydrogen-bond acceptors (Lipinski definition) is 7. The first kappa shape index (κ1) is 25.3. The van der Waals surface area contributed by atoms with Crippen molar-refractivity contribution < 1.29 is 9.53 Å². The summed E-state index contributed by atoms with van der Waals surface area (Å²) in [6.07, 6.45) is 0.753. The molecule has 0 saturated heterocycles. The fourth-order valence-electron chi connectivity index (χ4n) is 4.77. The number of Topliss-reactive ketones (excluding diaryl/α,β-unsaturated/α-hetero) is 1. The zero-order valence-electron chi connectivity index (χ0n) is 20.9. The van der Waals surface area contributed by atoms with Crippen LogP contribution in [0.5, 0.6) is 0 Å². The van der Waals surface area contributed by atoms with Crippen molar-refractivity contribution in [1.82, 2.24) is 19.2 Å². The lowest BCUT2D eigenvalue weighted by Crippen LogP contribution is -2.28. The Morgan fingerprint density at radius 2 is 1.92 bits per heavy atom. The summed E-state index contributed by atoms with van der Waals surface area (Å²) < 4.78 is 9.76. The molecule has 0 N–H and O–H groups in total. The number of ketones is 1. The fraction of sp³-hybridized carbons (Fsp3) is 0.286. The minimum absolute atomic E-state index is 0.0316.